The summed E-state index contributed by atoms with van der Waals surface area (Å²) in [7, 11) is -3.20. The van der Waals surface area contributed by atoms with E-state index in [-0.39, 0.29) is 23.5 Å². The van der Waals surface area contributed by atoms with E-state index < -0.39 is 15.6 Å². The summed E-state index contributed by atoms with van der Waals surface area (Å²) >= 11 is 0. The topological polar surface area (TPSA) is 92.8 Å². The molecule has 138 valence electrons. The van der Waals surface area contributed by atoms with Gasteiger partial charge in [-0.3, -0.25) is 4.79 Å². The van der Waals surface area contributed by atoms with Gasteiger partial charge in [0.05, 0.1) is 12.4 Å². The van der Waals surface area contributed by atoms with Gasteiger partial charge in [0.25, 0.3) is 0 Å². The molecule has 1 saturated heterocycles. The Kier molecular flexibility index (Phi) is 6.25. The van der Waals surface area contributed by atoms with Crippen LogP contribution in [0.4, 0.5) is 0 Å². The first-order valence-corrected chi connectivity index (χ1v) is 10.4. The molecule has 0 aromatic heterocycles. The Bertz CT molecular complexity index is 561. The average Bonchev–Trinajstić information content (AvgIpc) is 3.05. The molecule has 24 heavy (non-hydrogen) atoms. The van der Waals surface area contributed by atoms with Crippen LogP contribution in [0.15, 0.2) is 0 Å². The molecule has 1 saturated carbocycles. The number of hydrogen-bond donors (Lipinski definition) is 1. The van der Waals surface area contributed by atoms with Crippen molar-refractivity contribution in [3.05, 3.63) is 0 Å². The standard InChI is InChI=1S/C16H28N2O5S/c1-3-23-15(20)16(9-5-6-10-16)17-14(19)13-7-11-18(12-8-13)24(21,22)4-2/h13H,3-12H2,1-2H3,(H,17,19). The third-order valence-corrected chi connectivity index (χ3v) is 6.95. The lowest BCUT2D eigenvalue weighted by molar-refractivity contribution is -0.153. The van der Waals surface area contributed by atoms with Crippen molar-refractivity contribution in [1.82, 2.24) is 9.62 Å². The predicted octanol–water partition coefficient (Wildman–Crippen LogP) is 1.04. The van der Waals surface area contributed by atoms with Crippen LogP contribution in [0.25, 0.3) is 0 Å². The fraction of sp³-hybridized carbons (Fsp3) is 0.875. The summed E-state index contributed by atoms with van der Waals surface area (Å²) in [5.74, 6) is -0.670. The second-order valence-corrected chi connectivity index (χ2v) is 8.83. The van der Waals surface area contributed by atoms with Crippen LogP contribution in [0.1, 0.15) is 52.4 Å². The Morgan fingerprint density at radius 1 is 1.17 bits per heavy atom. The molecule has 2 rings (SSSR count). The second kappa shape index (κ2) is 7.82. The van der Waals surface area contributed by atoms with Gasteiger partial charge in [0.1, 0.15) is 5.54 Å². The van der Waals surface area contributed by atoms with Gasteiger partial charge in [-0.15, -0.1) is 0 Å². The summed E-state index contributed by atoms with van der Waals surface area (Å²) in [6.45, 7) is 4.40. The van der Waals surface area contributed by atoms with Gasteiger partial charge in [0.2, 0.25) is 15.9 Å². The number of nitrogens with one attached hydrogen (secondary N) is 1. The molecule has 0 atom stereocenters. The number of piperidine rings is 1. The Morgan fingerprint density at radius 3 is 2.25 bits per heavy atom. The zero-order valence-corrected chi connectivity index (χ0v) is 15.4. The minimum absolute atomic E-state index is 0.0792. The fourth-order valence-electron chi connectivity index (χ4n) is 3.54. The van der Waals surface area contributed by atoms with Gasteiger partial charge in [0.15, 0.2) is 0 Å². The number of carbonyl (C=O) groups is 2. The lowest BCUT2D eigenvalue weighted by atomic mass is 9.92. The van der Waals surface area contributed by atoms with Gasteiger partial charge in [-0.2, -0.15) is 0 Å². The van der Waals surface area contributed by atoms with Crippen LogP contribution >= 0.6 is 0 Å². The predicted molar refractivity (Wildman–Crippen MR) is 89.7 cm³/mol. The number of sulfonamides is 1. The van der Waals surface area contributed by atoms with Gasteiger partial charge in [-0.25, -0.2) is 17.5 Å². The van der Waals surface area contributed by atoms with Crippen LogP contribution in [0.2, 0.25) is 0 Å². The maximum absolute atomic E-state index is 12.6. The van der Waals surface area contributed by atoms with E-state index in [2.05, 4.69) is 5.32 Å². The van der Waals surface area contributed by atoms with Gasteiger partial charge < -0.3 is 10.1 Å². The maximum atomic E-state index is 12.6. The minimum atomic E-state index is -3.20. The lowest BCUT2D eigenvalue weighted by Crippen LogP contribution is -2.56. The van der Waals surface area contributed by atoms with Crippen LogP contribution < -0.4 is 5.32 Å². The summed E-state index contributed by atoms with van der Waals surface area (Å²) in [4.78, 5) is 24.9. The summed E-state index contributed by atoms with van der Waals surface area (Å²) in [6, 6.07) is 0. The minimum Gasteiger partial charge on any atom is -0.464 e. The largest absolute Gasteiger partial charge is 0.464 e. The number of hydrogen-bond acceptors (Lipinski definition) is 5. The monoisotopic (exact) mass is 360 g/mol. The van der Waals surface area contributed by atoms with E-state index in [9.17, 15) is 18.0 Å². The molecule has 1 aliphatic heterocycles. The summed E-state index contributed by atoms with van der Waals surface area (Å²) in [5, 5.41) is 2.93. The van der Waals surface area contributed by atoms with Crippen LogP contribution in [-0.4, -0.2) is 55.6 Å². The van der Waals surface area contributed by atoms with Gasteiger partial charge in [-0.05, 0) is 39.5 Å². The molecule has 1 N–H and O–H groups in total. The number of ether oxygens (including phenoxy) is 1. The highest BCUT2D eigenvalue weighted by atomic mass is 32.2. The number of rotatable bonds is 6. The second-order valence-electron chi connectivity index (χ2n) is 6.57. The lowest BCUT2D eigenvalue weighted by Gasteiger charge is -2.33. The zero-order chi connectivity index (χ0) is 17.8. The molecule has 1 aliphatic carbocycles. The first-order valence-electron chi connectivity index (χ1n) is 8.81. The highest BCUT2D eigenvalue weighted by Crippen LogP contribution is 2.32. The van der Waals surface area contributed by atoms with Crippen molar-refractivity contribution in [2.75, 3.05) is 25.4 Å². The fourth-order valence-corrected chi connectivity index (χ4v) is 4.68. The highest BCUT2D eigenvalue weighted by molar-refractivity contribution is 7.89. The van der Waals surface area contributed by atoms with Gasteiger partial charge in [-0.1, -0.05) is 12.8 Å². The first kappa shape index (κ1) is 19.2. The summed E-state index contributed by atoms with van der Waals surface area (Å²) in [6.07, 6.45) is 3.99. The molecule has 0 unspecified atom stereocenters. The molecule has 1 heterocycles. The molecule has 2 aliphatic rings. The van der Waals surface area contributed by atoms with Crippen molar-refractivity contribution in [1.29, 1.82) is 0 Å². The van der Waals surface area contributed by atoms with E-state index in [4.69, 9.17) is 4.74 Å². The highest BCUT2D eigenvalue weighted by Gasteiger charge is 2.45. The van der Waals surface area contributed by atoms with Crippen molar-refractivity contribution in [2.24, 2.45) is 5.92 Å². The molecule has 2 fully saturated rings. The summed E-state index contributed by atoms with van der Waals surface area (Å²) in [5.41, 5.74) is -0.889. The van der Waals surface area contributed by atoms with E-state index in [1.165, 1.54) is 4.31 Å². The Morgan fingerprint density at radius 2 is 1.75 bits per heavy atom. The zero-order valence-electron chi connectivity index (χ0n) is 14.5. The number of nitrogens with zero attached hydrogens (tertiary/aromatic N) is 1. The third-order valence-electron chi connectivity index (χ3n) is 5.07. The van der Waals surface area contributed by atoms with Crippen molar-refractivity contribution in [3.63, 3.8) is 0 Å². The molecule has 7 nitrogen and oxygen atoms in total. The number of amides is 1. The van der Waals surface area contributed by atoms with E-state index in [0.29, 0.717) is 45.4 Å². The molecule has 0 aromatic carbocycles. The van der Waals surface area contributed by atoms with Crippen LogP contribution in [0.5, 0.6) is 0 Å². The quantitative estimate of drug-likeness (QED) is 0.715. The van der Waals surface area contributed by atoms with Crippen LogP contribution in [-0.2, 0) is 24.3 Å². The maximum Gasteiger partial charge on any atom is 0.331 e. The Balaban J connectivity index is 1.96. The summed E-state index contributed by atoms with van der Waals surface area (Å²) < 4.78 is 30.4. The number of esters is 1. The van der Waals surface area contributed by atoms with Crippen LogP contribution in [0.3, 0.4) is 0 Å². The van der Waals surface area contributed by atoms with E-state index in [1.807, 2.05) is 0 Å². The molecule has 1 amide bonds. The number of carbonyl (C=O) groups excluding carboxylic acids is 2. The van der Waals surface area contributed by atoms with Crippen molar-refractivity contribution < 1.29 is 22.7 Å². The van der Waals surface area contributed by atoms with Crippen LogP contribution in [0, 0.1) is 5.92 Å². The van der Waals surface area contributed by atoms with Crippen molar-refractivity contribution in [2.45, 2.75) is 57.9 Å². The molecule has 0 spiro atoms. The van der Waals surface area contributed by atoms with E-state index in [0.717, 1.165) is 12.8 Å². The Labute approximate surface area is 144 Å². The molecule has 0 radical (unpaired) electrons. The average molecular weight is 360 g/mol. The van der Waals surface area contributed by atoms with Crippen molar-refractivity contribution >= 4 is 21.9 Å². The molecule has 8 heteroatoms. The van der Waals surface area contributed by atoms with Crippen molar-refractivity contribution in [3.8, 4) is 0 Å². The van der Waals surface area contributed by atoms with Gasteiger partial charge in [0, 0.05) is 19.0 Å². The smallest absolute Gasteiger partial charge is 0.331 e. The molecular weight excluding hydrogens is 332 g/mol. The molecular formula is C16H28N2O5S. The SMILES string of the molecule is CCOC(=O)C1(NC(=O)C2CCN(S(=O)(=O)CC)CC2)CCCC1. The van der Waals surface area contributed by atoms with E-state index >= 15 is 0 Å². The Hall–Kier alpha value is -1.15. The molecule has 0 aromatic rings. The van der Waals surface area contributed by atoms with Gasteiger partial charge >= 0.3 is 5.97 Å². The normalized spacial score (nSPS) is 22.2. The third kappa shape index (κ3) is 4.08. The van der Waals surface area contributed by atoms with E-state index in [1.54, 1.807) is 13.8 Å². The molecule has 0 bridgehead atoms. The first-order chi connectivity index (χ1) is 11.3.